The number of carbonyl (C=O) groups is 1. The maximum Gasteiger partial charge on any atom is 0.495 e. The van der Waals surface area contributed by atoms with Crippen molar-refractivity contribution in [3.05, 3.63) is 59.7 Å². The Morgan fingerprint density at radius 3 is 2.30 bits per heavy atom. The lowest BCUT2D eigenvalue weighted by Gasteiger charge is -2.32. The van der Waals surface area contributed by atoms with Crippen LogP contribution in [0.15, 0.2) is 48.5 Å². The van der Waals surface area contributed by atoms with E-state index in [1.807, 2.05) is 58.0 Å². The van der Waals surface area contributed by atoms with E-state index in [9.17, 15) is 4.79 Å². The molecule has 0 aromatic heterocycles. The van der Waals surface area contributed by atoms with E-state index in [1.54, 1.807) is 18.2 Å². The fraction of sp³-hybridized carbons (Fsp3) is 0.381. The predicted molar refractivity (Wildman–Crippen MR) is 104 cm³/mol. The van der Waals surface area contributed by atoms with Crippen LogP contribution in [0.3, 0.4) is 0 Å². The molecule has 0 amide bonds. The predicted octanol–water partition coefficient (Wildman–Crippen LogP) is 3.35. The van der Waals surface area contributed by atoms with Crippen molar-refractivity contribution in [2.24, 2.45) is 0 Å². The number of hydrogen-bond donors (Lipinski definition) is 0. The van der Waals surface area contributed by atoms with Gasteiger partial charge in [0.05, 0.1) is 17.8 Å². The third-order valence-electron chi connectivity index (χ3n) is 5.11. The van der Waals surface area contributed by atoms with Crippen LogP contribution in [-0.2, 0) is 20.7 Å². The van der Waals surface area contributed by atoms with E-state index in [0.29, 0.717) is 23.4 Å². The normalized spacial score (nSPS) is 17.7. The molecule has 142 valence electrons. The Hall–Kier alpha value is -2.15. The van der Waals surface area contributed by atoms with Crippen LogP contribution >= 0.6 is 0 Å². The van der Waals surface area contributed by atoms with Gasteiger partial charge < -0.3 is 18.8 Å². The minimum atomic E-state index is -0.621. The van der Waals surface area contributed by atoms with Gasteiger partial charge in [-0.15, -0.1) is 0 Å². The van der Waals surface area contributed by atoms with Gasteiger partial charge in [0.25, 0.3) is 0 Å². The van der Waals surface area contributed by atoms with E-state index < -0.39 is 18.3 Å². The highest BCUT2D eigenvalue weighted by atomic mass is 16.7. The monoisotopic (exact) mass is 368 g/mol. The molecule has 0 aliphatic carbocycles. The second-order valence-electron chi connectivity index (χ2n) is 7.59. The summed E-state index contributed by atoms with van der Waals surface area (Å²) in [6, 6.07) is 15.1. The Morgan fingerprint density at radius 1 is 1.00 bits per heavy atom. The van der Waals surface area contributed by atoms with Crippen LogP contribution < -0.4 is 10.2 Å². The third-order valence-corrected chi connectivity index (χ3v) is 5.11. The van der Waals surface area contributed by atoms with Crippen LogP contribution in [0.1, 0.15) is 43.6 Å². The summed E-state index contributed by atoms with van der Waals surface area (Å²) < 4.78 is 23.4. The molecule has 1 heterocycles. The zero-order valence-electron chi connectivity index (χ0n) is 16.2. The number of hydrogen-bond acceptors (Lipinski definition) is 5. The smallest absolute Gasteiger partial charge is 0.468 e. The molecule has 1 aliphatic heterocycles. The second kappa shape index (κ2) is 7.84. The first kappa shape index (κ1) is 19.6. The molecule has 0 atom stereocenters. The minimum Gasteiger partial charge on any atom is -0.468 e. The highest BCUT2D eigenvalue weighted by molar-refractivity contribution is 6.63. The van der Waals surface area contributed by atoms with Crippen LogP contribution in [0, 0.1) is 0 Å². The van der Waals surface area contributed by atoms with Crippen LogP contribution in [0.2, 0.25) is 0 Å². The Bertz CT molecular complexity index is 772. The van der Waals surface area contributed by atoms with Gasteiger partial charge in [0.15, 0.2) is 6.79 Å². The van der Waals surface area contributed by atoms with Gasteiger partial charge in [0, 0.05) is 5.56 Å². The zero-order valence-corrected chi connectivity index (χ0v) is 16.2. The fourth-order valence-corrected chi connectivity index (χ4v) is 2.77. The quantitative estimate of drug-likeness (QED) is 0.325. The largest absolute Gasteiger partial charge is 0.495 e. The zero-order chi connectivity index (χ0) is 19.5. The van der Waals surface area contributed by atoms with Gasteiger partial charge in [-0.1, -0.05) is 30.3 Å². The van der Waals surface area contributed by atoms with Crippen molar-refractivity contribution in [1.29, 1.82) is 0 Å². The molecule has 2 aromatic carbocycles. The Balaban J connectivity index is 1.66. The summed E-state index contributed by atoms with van der Waals surface area (Å²) in [4.78, 5) is 11.5. The molecule has 27 heavy (non-hydrogen) atoms. The van der Waals surface area contributed by atoms with E-state index in [4.69, 9.17) is 18.8 Å². The van der Waals surface area contributed by atoms with Gasteiger partial charge in [0.1, 0.15) is 12.0 Å². The molecule has 0 radical (unpaired) electrons. The van der Waals surface area contributed by atoms with Crippen molar-refractivity contribution in [3.8, 4) is 5.75 Å². The van der Waals surface area contributed by atoms with E-state index in [-0.39, 0.29) is 6.79 Å². The van der Waals surface area contributed by atoms with Gasteiger partial charge >= 0.3 is 7.12 Å². The van der Waals surface area contributed by atoms with Crippen LogP contribution in [-0.4, -0.2) is 31.4 Å². The Kier molecular flexibility index (Phi) is 5.70. The lowest BCUT2D eigenvalue weighted by atomic mass is 9.76. The Labute approximate surface area is 160 Å². The van der Waals surface area contributed by atoms with Crippen molar-refractivity contribution in [2.45, 2.75) is 45.5 Å². The van der Waals surface area contributed by atoms with Gasteiger partial charge in [-0.2, -0.15) is 0 Å². The molecule has 0 bridgehead atoms. The van der Waals surface area contributed by atoms with E-state index in [0.717, 1.165) is 11.8 Å². The summed E-state index contributed by atoms with van der Waals surface area (Å²) >= 11 is 0. The summed E-state index contributed by atoms with van der Waals surface area (Å²) in [5, 5.41) is 0. The molecule has 6 heteroatoms. The molecular weight excluding hydrogens is 343 g/mol. The molecule has 5 nitrogen and oxygen atoms in total. The lowest BCUT2D eigenvalue weighted by molar-refractivity contribution is 0.00507. The summed E-state index contributed by atoms with van der Waals surface area (Å²) in [5.74, 6) is 0.596. The first-order chi connectivity index (χ1) is 12.8. The number of benzene rings is 2. The maximum atomic E-state index is 11.5. The Morgan fingerprint density at radius 2 is 1.67 bits per heavy atom. The van der Waals surface area contributed by atoms with Crippen molar-refractivity contribution in [3.63, 3.8) is 0 Å². The maximum absolute atomic E-state index is 11.5. The molecule has 0 unspecified atom stereocenters. The molecule has 0 saturated carbocycles. The standard InChI is InChI=1S/C21H25BO5/c1-20(2)21(3,4)27-22(26-20)19-12-18(11-10-17(19)13-23)25-15-24-14-16-8-6-5-7-9-16/h5-13H,14-15H2,1-4H3. The van der Waals surface area contributed by atoms with Crippen molar-refractivity contribution in [1.82, 2.24) is 0 Å². The molecule has 1 saturated heterocycles. The van der Waals surface area contributed by atoms with Gasteiger partial charge in [-0.3, -0.25) is 4.79 Å². The topological polar surface area (TPSA) is 54.0 Å². The fourth-order valence-electron chi connectivity index (χ4n) is 2.77. The number of aldehydes is 1. The van der Waals surface area contributed by atoms with Crippen LogP contribution in [0.5, 0.6) is 5.75 Å². The van der Waals surface area contributed by atoms with Crippen LogP contribution in [0.25, 0.3) is 0 Å². The van der Waals surface area contributed by atoms with Crippen molar-refractivity contribution < 1.29 is 23.6 Å². The molecule has 0 N–H and O–H groups in total. The third kappa shape index (κ3) is 4.41. The minimum absolute atomic E-state index is 0.109. The summed E-state index contributed by atoms with van der Waals surface area (Å²) in [6.07, 6.45) is 0.802. The molecule has 1 fully saturated rings. The molecule has 2 aromatic rings. The first-order valence-corrected chi connectivity index (χ1v) is 9.02. The van der Waals surface area contributed by atoms with Crippen LogP contribution in [0.4, 0.5) is 0 Å². The number of rotatable bonds is 7. The van der Waals surface area contributed by atoms with Crippen molar-refractivity contribution >= 4 is 18.9 Å². The van der Waals surface area contributed by atoms with Crippen molar-refractivity contribution in [2.75, 3.05) is 6.79 Å². The first-order valence-electron chi connectivity index (χ1n) is 9.02. The summed E-state index contributed by atoms with van der Waals surface area (Å²) in [6.45, 7) is 8.49. The number of carbonyl (C=O) groups excluding carboxylic acids is 1. The van der Waals surface area contributed by atoms with Gasteiger partial charge in [0.2, 0.25) is 0 Å². The molecule has 1 aliphatic rings. The molecule has 3 rings (SSSR count). The SMILES string of the molecule is CC1(C)OB(c2cc(OCOCc3ccccc3)ccc2C=O)OC1(C)C. The highest BCUT2D eigenvalue weighted by Crippen LogP contribution is 2.36. The average Bonchev–Trinajstić information content (AvgIpc) is 2.87. The summed E-state index contributed by atoms with van der Waals surface area (Å²) in [7, 11) is -0.621. The highest BCUT2D eigenvalue weighted by Gasteiger charge is 2.52. The molecular formula is C21H25BO5. The number of ether oxygens (including phenoxy) is 2. The van der Waals surface area contributed by atoms with E-state index in [1.165, 1.54) is 0 Å². The lowest BCUT2D eigenvalue weighted by Crippen LogP contribution is -2.41. The van der Waals surface area contributed by atoms with Gasteiger partial charge in [-0.25, -0.2) is 0 Å². The molecule has 0 spiro atoms. The van der Waals surface area contributed by atoms with E-state index >= 15 is 0 Å². The average molecular weight is 368 g/mol. The summed E-state index contributed by atoms with van der Waals surface area (Å²) in [5.41, 5.74) is 1.30. The van der Waals surface area contributed by atoms with E-state index in [2.05, 4.69) is 0 Å². The van der Waals surface area contributed by atoms with Gasteiger partial charge in [-0.05, 0) is 56.9 Å². The second-order valence-corrected chi connectivity index (χ2v) is 7.59.